The van der Waals surface area contributed by atoms with Crippen LogP contribution in [0.3, 0.4) is 0 Å². The summed E-state index contributed by atoms with van der Waals surface area (Å²) in [4.78, 5) is 46.8. The van der Waals surface area contributed by atoms with Crippen molar-refractivity contribution in [2.75, 3.05) is 31.1 Å². The Bertz CT molecular complexity index is 2110. The van der Waals surface area contributed by atoms with Gasteiger partial charge in [0, 0.05) is 56.1 Å². The lowest BCUT2D eigenvalue weighted by Crippen LogP contribution is -2.50. The third-order valence-corrected chi connectivity index (χ3v) is 8.17. The average Bonchev–Trinajstić information content (AvgIpc) is 3.66. The van der Waals surface area contributed by atoms with Gasteiger partial charge in [0.05, 0.1) is 17.8 Å². The molecule has 0 bridgehead atoms. The Kier molecular flexibility index (Phi) is 9.38. The second kappa shape index (κ2) is 14.0. The Balaban J connectivity index is 1.20. The highest BCUT2D eigenvalue weighted by atomic mass is 19.2. The number of anilines is 1. The molecule has 1 N–H and O–H groups in total. The maximum atomic E-state index is 14.5. The van der Waals surface area contributed by atoms with E-state index in [0.29, 0.717) is 19.2 Å². The third kappa shape index (κ3) is 7.12. The Hall–Kier alpha value is -6.05. The SMILES string of the molecule is O=C(C=C(O)c1cc(Cc2ccc(F)c(F)c2F)cn(Cc2ccccc2F)c1=O)C(=O)N1CCN(c2ccc(-n3cncn3)cc2)CC1. The molecule has 0 saturated carbocycles. The zero-order valence-corrected chi connectivity index (χ0v) is 25.8. The summed E-state index contributed by atoms with van der Waals surface area (Å²) >= 11 is 0. The summed E-state index contributed by atoms with van der Waals surface area (Å²) in [5.41, 5.74) is 0.489. The van der Waals surface area contributed by atoms with E-state index in [-0.39, 0.29) is 42.7 Å². The molecule has 0 aliphatic carbocycles. The number of nitrogens with zero attached hydrogens (tertiary/aromatic N) is 6. The van der Waals surface area contributed by atoms with Crippen LogP contribution in [0.1, 0.15) is 22.3 Å². The van der Waals surface area contributed by atoms with Gasteiger partial charge in [-0.05, 0) is 53.6 Å². The van der Waals surface area contributed by atoms with Gasteiger partial charge in [0.1, 0.15) is 24.2 Å². The maximum Gasteiger partial charge on any atom is 0.294 e. The molecule has 5 aromatic rings. The van der Waals surface area contributed by atoms with E-state index in [4.69, 9.17) is 0 Å². The standard InChI is InChI=1S/C35H28F4N6O4/c36-28-4-2-1-3-24(28)19-44-18-22(15-23-5-10-29(37)33(39)32(23)38)16-27(34(44)48)30(46)17-31(47)35(49)43-13-11-42(12-14-43)25-6-8-26(9-7-25)45-21-40-20-41-45/h1-10,16-18,20-21,46H,11-15,19H2. The fourth-order valence-corrected chi connectivity index (χ4v) is 5.57. The lowest BCUT2D eigenvalue weighted by Gasteiger charge is -2.35. The lowest BCUT2D eigenvalue weighted by atomic mass is 10.0. The van der Waals surface area contributed by atoms with E-state index in [9.17, 15) is 37.1 Å². The minimum atomic E-state index is -1.67. The molecule has 3 heterocycles. The van der Waals surface area contributed by atoms with E-state index in [0.717, 1.165) is 34.1 Å². The summed E-state index contributed by atoms with van der Waals surface area (Å²) in [7, 11) is 0. The summed E-state index contributed by atoms with van der Waals surface area (Å²) in [6, 6.07) is 16.2. The summed E-state index contributed by atoms with van der Waals surface area (Å²) < 4.78 is 59.1. The molecule has 0 spiro atoms. The first kappa shape index (κ1) is 32.9. The summed E-state index contributed by atoms with van der Waals surface area (Å²) in [6.07, 6.45) is 4.56. The molecule has 6 rings (SSSR count). The van der Waals surface area contributed by atoms with E-state index >= 15 is 0 Å². The molecule has 1 amide bonds. The maximum absolute atomic E-state index is 14.5. The van der Waals surface area contributed by atoms with Crippen LogP contribution >= 0.6 is 0 Å². The first-order valence-corrected chi connectivity index (χ1v) is 15.1. The topological polar surface area (TPSA) is 114 Å². The number of piperazine rings is 1. The monoisotopic (exact) mass is 672 g/mol. The van der Waals surface area contributed by atoms with Crippen molar-refractivity contribution in [1.82, 2.24) is 24.2 Å². The van der Waals surface area contributed by atoms with Gasteiger partial charge in [-0.25, -0.2) is 27.2 Å². The van der Waals surface area contributed by atoms with Gasteiger partial charge in [0.2, 0.25) is 5.78 Å². The molecule has 0 unspecified atom stereocenters. The normalized spacial score (nSPS) is 13.5. The number of hydrogen-bond acceptors (Lipinski definition) is 7. The molecular weight excluding hydrogens is 644 g/mol. The van der Waals surface area contributed by atoms with Crippen molar-refractivity contribution in [2.24, 2.45) is 0 Å². The second-order valence-electron chi connectivity index (χ2n) is 11.3. The van der Waals surface area contributed by atoms with Gasteiger partial charge in [-0.1, -0.05) is 24.3 Å². The molecule has 250 valence electrons. The van der Waals surface area contributed by atoms with Crippen LogP contribution in [-0.2, 0) is 22.6 Å². The van der Waals surface area contributed by atoms with Crippen LogP contribution in [0, 0.1) is 23.3 Å². The van der Waals surface area contributed by atoms with E-state index in [1.165, 1.54) is 35.6 Å². The summed E-state index contributed by atoms with van der Waals surface area (Å²) in [5, 5.41) is 15.0. The van der Waals surface area contributed by atoms with Gasteiger partial charge in [0.25, 0.3) is 11.5 Å². The highest BCUT2D eigenvalue weighted by Crippen LogP contribution is 2.22. The van der Waals surface area contributed by atoms with Crippen LogP contribution in [0.2, 0.25) is 0 Å². The van der Waals surface area contributed by atoms with Gasteiger partial charge in [-0.15, -0.1) is 0 Å². The highest BCUT2D eigenvalue weighted by molar-refractivity contribution is 6.41. The smallest absolute Gasteiger partial charge is 0.294 e. The first-order valence-electron chi connectivity index (χ1n) is 15.1. The molecule has 1 saturated heterocycles. The predicted molar refractivity (Wildman–Crippen MR) is 171 cm³/mol. The number of aliphatic hydroxyl groups is 1. The van der Waals surface area contributed by atoms with Crippen molar-refractivity contribution < 1.29 is 32.3 Å². The van der Waals surface area contributed by atoms with Crippen LogP contribution in [0.4, 0.5) is 23.2 Å². The predicted octanol–water partition coefficient (Wildman–Crippen LogP) is 4.44. The Labute approximate surface area is 276 Å². The average molecular weight is 673 g/mol. The number of aromatic nitrogens is 4. The number of amides is 1. The van der Waals surface area contributed by atoms with Gasteiger partial charge < -0.3 is 19.5 Å². The van der Waals surface area contributed by atoms with Crippen molar-refractivity contribution in [3.63, 3.8) is 0 Å². The molecule has 1 aliphatic heterocycles. The highest BCUT2D eigenvalue weighted by Gasteiger charge is 2.26. The van der Waals surface area contributed by atoms with Gasteiger partial charge in [-0.3, -0.25) is 14.4 Å². The number of rotatable bonds is 9. The fraction of sp³-hybridized carbons (Fsp3) is 0.171. The molecule has 2 aromatic heterocycles. The number of pyridine rings is 1. The number of carbonyl (C=O) groups is 2. The van der Waals surface area contributed by atoms with Crippen molar-refractivity contribution >= 4 is 23.1 Å². The largest absolute Gasteiger partial charge is 0.507 e. The zero-order chi connectivity index (χ0) is 34.7. The number of hydrogen-bond donors (Lipinski definition) is 1. The molecule has 1 fully saturated rings. The van der Waals surface area contributed by atoms with Gasteiger partial charge in [0.15, 0.2) is 17.5 Å². The second-order valence-corrected chi connectivity index (χ2v) is 11.3. The van der Waals surface area contributed by atoms with Crippen LogP contribution < -0.4 is 10.5 Å². The zero-order valence-electron chi connectivity index (χ0n) is 25.8. The van der Waals surface area contributed by atoms with Gasteiger partial charge in [-0.2, -0.15) is 5.10 Å². The van der Waals surface area contributed by atoms with Crippen LogP contribution in [0.15, 0.2) is 96.5 Å². The van der Waals surface area contributed by atoms with E-state index in [1.807, 2.05) is 29.2 Å². The molecule has 49 heavy (non-hydrogen) atoms. The van der Waals surface area contributed by atoms with E-state index in [1.54, 1.807) is 17.1 Å². The molecule has 0 atom stereocenters. The molecule has 0 radical (unpaired) electrons. The molecule has 3 aromatic carbocycles. The van der Waals surface area contributed by atoms with Crippen molar-refractivity contribution in [1.29, 1.82) is 0 Å². The van der Waals surface area contributed by atoms with Crippen molar-refractivity contribution in [2.45, 2.75) is 13.0 Å². The Morgan fingerprint density at radius 2 is 1.55 bits per heavy atom. The van der Waals surface area contributed by atoms with Crippen LogP contribution in [-0.4, -0.2) is 67.2 Å². The fourth-order valence-electron chi connectivity index (χ4n) is 5.57. The van der Waals surface area contributed by atoms with Crippen LogP contribution in [0.25, 0.3) is 11.4 Å². The number of halogens is 4. The number of benzene rings is 3. The number of aliphatic hydroxyl groups excluding tert-OH is 1. The first-order chi connectivity index (χ1) is 23.6. The van der Waals surface area contributed by atoms with E-state index < -0.39 is 51.8 Å². The van der Waals surface area contributed by atoms with Gasteiger partial charge >= 0.3 is 0 Å². The number of ketones is 1. The van der Waals surface area contributed by atoms with Crippen LogP contribution in [0.5, 0.6) is 0 Å². The summed E-state index contributed by atoms with van der Waals surface area (Å²) in [6.45, 7) is 0.991. The van der Waals surface area contributed by atoms with Crippen molar-refractivity contribution in [3.8, 4) is 5.69 Å². The minimum absolute atomic E-state index is 0.117. The lowest BCUT2D eigenvalue weighted by molar-refractivity contribution is -0.142. The summed E-state index contributed by atoms with van der Waals surface area (Å²) in [5.74, 6) is -7.92. The number of carbonyl (C=O) groups excluding carboxylic acids is 2. The molecule has 1 aliphatic rings. The Morgan fingerprint density at radius 1 is 0.837 bits per heavy atom. The molecule has 14 heteroatoms. The molecular formula is C35H28F4N6O4. The minimum Gasteiger partial charge on any atom is -0.507 e. The van der Waals surface area contributed by atoms with Crippen molar-refractivity contribution in [3.05, 3.63) is 148 Å². The Morgan fingerprint density at radius 3 is 2.24 bits per heavy atom. The third-order valence-electron chi connectivity index (χ3n) is 8.17. The van der Waals surface area contributed by atoms with E-state index in [2.05, 4.69) is 10.1 Å². The quantitative estimate of drug-likeness (QED) is 0.0810. The molecule has 10 nitrogen and oxygen atoms in total.